The monoisotopic (exact) mass is 298 g/mol. The lowest BCUT2D eigenvalue weighted by atomic mass is 10.2. The first-order chi connectivity index (χ1) is 9.54. The molecule has 0 unspecified atom stereocenters. The van der Waals surface area contributed by atoms with Crippen LogP contribution in [0.5, 0.6) is 11.8 Å². The highest BCUT2D eigenvalue weighted by Gasteiger charge is 2.08. The van der Waals surface area contributed by atoms with Gasteiger partial charge in [0.1, 0.15) is 17.8 Å². The van der Waals surface area contributed by atoms with E-state index in [9.17, 15) is 4.39 Å². The Morgan fingerprint density at radius 2 is 2.25 bits per heavy atom. The fourth-order valence-electron chi connectivity index (χ4n) is 1.55. The van der Waals surface area contributed by atoms with Crippen molar-refractivity contribution < 1.29 is 13.5 Å². The standard InChI is InChI=1S/C14H16ClFN2O2/c1-9(2)6-17-7-10-8-19-14(18-10)20-11-3-4-13(16)12(15)5-11/h3-5,8-9,17H,6-7H2,1-2H3. The van der Waals surface area contributed by atoms with Crippen LogP contribution in [0.3, 0.4) is 0 Å². The SMILES string of the molecule is CC(C)CNCc1coc(Oc2ccc(F)c(Cl)c2)n1. The third-order valence-electron chi connectivity index (χ3n) is 2.49. The minimum absolute atomic E-state index is 0.00659. The van der Waals surface area contributed by atoms with Crippen LogP contribution in [-0.2, 0) is 6.54 Å². The third-order valence-corrected chi connectivity index (χ3v) is 2.78. The van der Waals surface area contributed by atoms with E-state index in [4.69, 9.17) is 20.8 Å². The molecule has 0 aliphatic carbocycles. The maximum atomic E-state index is 13.0. The van der Waals surface area contributed by atoms with Gasteiger partial charge in [-0.3, -0.25) is 0 Å². The number of ether oxygens (including phenoxy) is 1. The molecular formula is C14H16ClFN2O2. The second kappa shape index (κ2) is 6.72. The van der Waals surface area contributed by atoms with E-state index in [1.165, 1.54) is 24.5 Å². The van der Waals surface area contributed by atoms with Crippen LogP contribution in [0.25, 0.3) is 0 Å². The first-order valence-electron chi connectivity index (χ1n) is 6.32. The Morgan fingerprint density at radius 3 is 2.95 bits per heavy atom. The van der Waals surface area contributed by atoms with Crippen LogP contribution in [0.4, 0.5) is 4.39 Å². The topological polar surface area (TPSA) is 47.3 Å². The van der Waals surface area contributed by atoms with Crippen molar-refractivity contribution in [3.8, 4) is 11.8 Å². The summed E-state index contributed by atoms with van der Waals surface area (Å²) in [4.78, 5) is 4.17. The Balaban J connectivity index is 1.93. The van der Waals surface area contributed by atoms with Gasteiger partial charge in [0.25, 0.3) is 0 Å². The number of benzene rings is 1. The van der Waals surface area contributed by atoms with Gasteiger partial charge in [0.05, 0.1) is 10.7 Å². The zero-order valence-corrected chi connectivity index (χ0v) is 12.1. The first kappa shape index (κ1) is 14.8. The average Bonchev–Trinajstić information content (AvgIpc) is 2.81. The molecule has 0 aliphatic rings. The van der Waals surface area contributed by atoms with E-state index in [0.29, 0.717) is 18.2 Å². The highest BCUT2D eigenvalue weighted by atomic mass is 35.5. The summed E-state index contributed by atoms with van der Waals surface area (Å²) in [5.41, 5.74) is 0.744. The fraction of sp³-hybridized carbons (Fsp3) is 0.357. The van der Waals surface area contributed by atoms with Crippen LogP contribution >= 0.6 is 11.6 Å². The number of hydrogen-bond acceptors (Lipinski definition) is 4. The van der Waals surface area contributed by atoms with Crippen LogP contribution < -0.4 is 10.1 Å². The molecule has 4 nitrogen and oxygen atoms in total. The molecule has 1 N–H and O–H groups in total. The van der Waals surface area contributed by atoms with Crippen LogP contribution in [0.1, 0.15) is 19.5 Å². The van der Waals surface area contributed by atoms with Gasteiger partial charge in [-0.25, -0.2) is 4.39 Å². The van der Waals surface area contributed by atoms with Gasteiger partial charge in [-0.1, -0.05) is 25.4 Å². The number of aromatic nitrogens is 1. The number of halogens is 2. The van der Waals surface area contributed by atoms with E-state index in [0.717, 1.165) is 12.2 Å². The molecule has 0 bridgehead atoms. The molecule has 0 radical (unpaired) electrons. The van der Waals surface area contributed by atoms with Crippen molar-refractivity contribution in [2.24, 2.45) is 5.92 Å². The molecule has 6 heteroatoms. The van der Waals surface area contributed by atoms with E-state index < -0.39 is 5.82 Å². The largest absolute Gasteiger partial charge is 0.417 e. The van der Waals surface area contributed by atoms with Crippen molar-refractivity contribution in [3.63, 3.8) is 0 Å². The minimum atomic E-state index is -0.495. The zero-order valence-electron chi connectivity index (χ0n) is 11.3. The number of rotatable bonds is 6. The molecular weight excluding hydrogens is 283 g/mol. The molecule has 0 saturated heterocycles. The van der Waals surface area contributed by atoms with Crippen molar-refractivity contribution in [1.29, 1.82) is 0 Å². The van der Waals surface area contributed by atoms with Gasteiger partial charge in [-0.2, -0.15) is 4.98 Å². The first-order valence-corrected chi connectivity index (χ1v) is 6.70. The Labute approximate surface area is 121 Å². The van der Waals surface area contributed by atoms with Gasteiger partial charge in [0, 0.05) is 12.6 Å². The molecule has 0 atom stereocenters. The second-order valence-electron chi connectivity index (χ2n) is 4.81. The van der Waals surface area contributed by atoms with Crippen LogP contribution in [0, 0.1) is 11.7 Å². The molecule has 0 amide bonds. The van der Waals surface area contributed by atoms with Crippen molar-refractivity contribution >= 4 is 11.6 Å². The van der Waals surface area contributed by atoms with Gasteiger partial charge in [0.2, 0.25) is 0 Å². The summed E-state index contributed by atoms with van der Waals surface area (Å²) in [7, 11) is 0. The molecule has 20 heavy (non-hydrogen) atoms. The summed E-state index contributed by atoms with van der Waals surface area (Å²) in [6, 6.07) is 4.06. The van der Waals surface area contributed by atoms with E-state index in [-0.39, 0.29) is 11.1 Å². The molecule has 0 fully saturated rings. The molecule has 1 aromatic heterocycles. The smallest absolute Gasteiger partial charge is 0.399 e. The Hall–Kier alpha value is -1.59. The Morgan fingerprint density at radius 1 is 1.45 bits per heavy atom. The summed E-state index contributed by atoms with van der Waals surface area (Å²) in [6.45, 7) is 5.76. The number of oxazole rings is 1. The van der Waals surface area contributed by atoms with Crippen molar-refractivity contribution in [2.45, 2.75) is 20.4 Å². The minimum Gasteiger partial charge on any atom is -0.417 e. The van der Waals surface area contributed by atoms with Crippen LogP contribution in [0.15, 0.2) is 28.9 Å². The lowest BCUT2D eigenvalue weighted by molar-refractivity contribution is 0.330. The number of nitrogens with one attached hydrogen (secondary N) is 1. The summed E-state index contributed by atoms with van der Waals surface area (Å²) < 4.78 is 23.6. The molecule has 2 rings (SSSR count). The summed E-state index contributed by atoms with van der Waals surface area (Å²) in [5.74, 6) is 0.448. The Bertz CT molecular complexity index is 572. The summed E-state index contributed by atoms with van der Waals surface area (Å²) in [5, 5.41) is 3.24. The number of hydrogen-bond donors (Lipinski definition) is 1. The molecule has 1 heterocycles. The van der Waals surface area contributed by atoms with Crippen molar-refractivity contribution in [3.05, 3.63) is 41.0 Å². The van der Waals surface area contributed by atoms with Gasteiger partial charge in [0.15, 0.2) is 0 Å². The predicted molar refractivity (Wildman–Crippen MR) is 74.5 cm³/mol. The van der Waals surface area contributed by atoms with Gasteiger partial charge < -0.3 is 14.5 Å². The fourth-order valence-corrected chi connectivity index (χ4v) is 1.72. The second-order valence-corrected chi connectivity index (χ2v) is 5.21. The maximum absolute atomic E-state index is 13.0. The van der Waals surface area contributed by atoms with Crippen molar-refractivity contribution in [1.82, 2.24) is 10.3 Å². The van der Waals surface area contributed by atoms with E-state index in [1.54, 1.807) is 0 Å². The molecule has 2 aromatic rings. The molecule has 0 spiro atoms. The maximum Gasteiger partial charge on any atom is 0.399 e. The normalized spacial score (nSPS) is 11.1. The average molecular weight is 299 g/mol. The van der Waals surface area contributed by atoms with Gasteiger partial charge in [-0.15, -0.1) is 0 Å². The van der Waals surface area contributed by atoms with Gasteiger partial charge >= 0.3 is 6.08 Å². The predicted octanol–water partition coefficient (Wildman–Crippen LogP) is 4.01. The lowest BCUT2D eigenvalue weighted by Gasteiger charge is -2.04. The number of nitrogens with zero attached hydrogens (tertiary/aromatic N) is 1. The highest BCUT2D eigenvalue weighted by molar-refractivity contribution is 6.30. The van der Waals surface area contributed by atoms with E-state index in [1.807, 2.05) is 0 Å². The summed E-state index contributed by atoms with van der Waals surface area (Å²) in [6.07, 6.45) is 1.63. The molecule has 108 valence electrons. The molecule has 0 aliphatic heterocycles. The quantitative estimate of drug-likeness (QED) is 0.875. The van der Waals surface area contributed by atoms with Crippen LogP contribution in [-0.4, -0.2) is 11.5 Å². The third kappa shape index (κ3) is 4.21. The van der Waals surface area contributed by atoms with E-state index >= 15 is 0 Å². The van der Waals surface area contributed by atoms with Crippen molar-refractivity contribution in [2.75, 3.05) is 6.54 Å². The van der Waals surface area contributed by atoms with Gasteiger partial charge in [-0.05, 0) is 24.6 Å². The summed E-state index contributed by atoms with van der Waals surface area (Å²) >= 11 is 5.67. The zero-order chi connectivity index (χ0) is 14.5. The Kier molecular flexibility index (Phi) is 4.98. The van der Waals surface area contributed by atoms with Crippen LogP contribution in [0.2, 0.25) is 5.02 Å². The highest BCUT2D eigenvalue weighted by Crippen LogP contribution is 2.25. The lowest BCUT2D eigenvalue weighted by Crippen LogP contribution is -2.19. The molecule has 1 aromatic carbocycles. The molecule has 0 saturated carbocycles. The van der Waals surface area contributed by atoms with E-state index in [2.05, 4.69) is 24.1 Å².